The van der Waals surface area contributed by atoms with E-state index in [1.807, 2.05) is 0 Å². The van der Waals surface area contributed by atoms with E-state index in [1.165, 1.54) is 14.2 Å². The average molecular weight is 314 g/mol. The smallest absolute Gasteiger partial charge is 0.356 e. The molecule has 0 spiro atoms. The molecule has 0 radical (unpaired) electrons. The molecule has 0 heterocycles. The van der Waals surface area contributed by atoms with Crippen LogP contribution in [0.25, 0.3) is 0 Å². The van der Waals surface area contributed by atoms with Crippen molar-refractivity contribution >= 4 is 42.4 Å². The third kappa shape index (κ3) is 5.09. The van der Waals surface area contributed by atoms with Crippen molar-refractivity contribution in [2.75, 3.05) is 14.2 Å². The summed E-state index contributed by atoms with van der Waals surface area (Å²) in [7, 11) is -1.21. The van der Waals surface area contributed by atoms with Gasteiger partial charge >= 0.3 is 7.60 Å². The van der Waals surface area contributed by atoms with Crippen LogP contribution in [-0.2, 0) is 18.3 Å². The van der Waals surface area contributed by atoms with E-state index in [0.29, 0.717) is 0 Å². The Morgan fingerprint density at radius 1 is 1.06 bits per heavy atom. The third-order valence-corrected chi connectivity index (χ3v) is 4.68. The van der Waals surface area contributed by atoms with Crippen LogP contribution in [0.1, 0.15) is 20.8 Å². The highest BCUT2D eigenvalue weighted by Gasteiger charge is 2.50. The van der Waals surface area contributed by atoms with Crippen LogP contribution in [0.2, 0.25) is 0 Å². The maximum atomic E-state index is 12.2. The molecule has 0 saturated carbocycles. The molecule has 1 unspecified atom stereocenters. The Morgan fingerprint density at radius 3 is 1.62 bits per heavy atom. The molecule has 0 amide bonds. The van der Waals surface area contributed by atoms with E-state index in [9.17, 15) is 4.57 Å². The second kappa shape index (κ2) is 5.75. The molecule has 0 fully saturated rings. The highest BCUT2D eigenvalue weighted by molar-refractivity contribution is 7.55. The number of alkyl halides is 3. The van der Waals surface area contributed by atoms with E-state index in [1.54, 1.807) is 20.8 Å². The van der Waals surface area contributed by atoms with Crippen LogP contribution in [0.15, 0.2) is 0 Å². The Kier molecular flexibility index (Phi) is 6.10. The molecule has 1 atom stereocenters. The average Bonchev–Trinajstić information content (AvgIpc) is 2.10. The fourth-order valence-corrected chi connectivity index (χ4v) is 3.46. The summed E-state index contributed by atoms with van der Waals surface area (Å²) in [6.45, 7) is 5.23. The van der Waals surface area contributed by atoms with Crippen LogP contribution in [0.5, 0.6) is 0 Å². The molecule has 0 aromatic carbocycles. The standard InChI is InChI=1S/C8H16Cl3O4P/c1-7(2,3)15-6(8(9,10)11)16(12,13-4)14-5/h6H,1-5H3. The molecular formula is C8H16Cl3O4P. The van der Waals surface area contributed by atoms with Gasteiger partial charge in [-0.25, -0.2) is 0 Å². The van der Waals surface area contributed by atoms with Crippen LogP contribution in [-0.4, -0.2) is 29.5 Å². The van der Waals surface area contributed by atoms with Crippen molar-refractivity contribution in [3.8, 4) is 0 Å². The minimum absolute atomic E-state index is 0.651. The molecule has 98 valence electrons. The quantitative estimate of drug-likeness (QED) is 0.581. The second-order valence-corrected chi connectivity index (χ2v) is 8.68. The normalized spacial score (nSPS) is 16.2. The molecule has 0 rings (SSSR count). The molecule has 0 aliphatic carbocycles. The van der Waals surface area contributed by atoms with Gasteiger partial charge in [-0.2, -0.15) is 0 Å². The van der Waals surface area contributed by atoms with Crippen molar-refractivity contribution in [2.45, 2.75) is 36.0 Å². The zero-order chi connectivity index (χ0) is 13.2. The molecule has 0 aliphatic rings. The maximum Gasteiger partial charge on any atom is 0.363 e. The minimum Gasteiger partial charge on any atom is -0.356 e. The molecule has 16 heavy (non-hydrogen) atoms. The van der Waals surface area contributed by atoms with E-state index in [-0.39, 0.29) is 0 Å². The molecule has 0 N–H and O–H groups in total. The van der Waals surface area contributed by atoms with Gasteiger partial charge < -0.3 is 13.8 Å². The van der Waals surface area contributed by atoms with Gasteiger partial charge in [-0.05, 0) is 20.8 Å². The van der Waals surface area contributed by atoms with E-state index in [4.69, 9.17) is 48.6 Å². The van der Waals surface area contributed by atoms with Crippen LogP contribution in [0, 0.1) is 0 Å². The van der Waals surface area contributed by atoms with Gasteiger partial charge in [-0.3, -0.25) is 4.57 Å². The van der Waals surface area contributed by atoms with Gasteiger partial charge in [-0.1, -0.05) is 34.8 Å². The first-order valence-electron chi connectivity index (χ1n) is 4.42. The lowest BCUT2D eigenvalue weighted by Crippen LogP contribution is -2.37. The Balaban J connectivity index is 5.19. The minimum atomic E-state index is -3.63. The molecule has 0 aromatic heterocycles. The summed E-state index contributed by atoms with van der Waals surface area (Å²) in [5.74, 6) is -1.29. The highest BCUT2D eigenvalue weighted by Crippen LogP contribution is 2.60. The second-order valence-electron chi connectivity index (χ2n) is 4.03. The van der Waals surface area contributed by atoms with Crippen molar-refractivity contribution in [2.24, 2.45) is 0 Å². The van der Waals surface area contributed by atoms with Crippen molar-refractivity contribution in [1.82, 2.24) is 0 Å². The molecule has 0 saturated heterocycles. The molecule has 0 bridgehead atoms. The largest absolute Gasteiger partial charge is 0.363 e. The van der Waals surface area contributed by atoms with Gasteiger partial charge in [-0.15, -0.1) is 0 Å². The molecular weight excluding hydrogens is 297 g/mol. The van der Waals surface area contributed by atoms with Crippen LogP contribution in [0.3, 0.4) is 0 Å². The summed E-state index contributed by atoms with van der Waals surface area (Å²) in [6, 6.07) is 0. The maximum absolute atomic E-state index is 12.2. The van der Waals surface area contributed by atoms with Crippen molar-refractivity contribution in [3.63, 3.8) is 0 Å². The SMILES string of the molecule is COP(=O)(OC)C(OC(C)(C)C)C(Cl)(Cl)Cl. The predicted molar refractivity (Wildman–Crippen MR) is 66.5 cm³/mol. The Morgan fingerprint density at radius 2 is 1.44 bits per heavy atom. The lowest BCUT2D eigenvalue weighted by Gasteiger charge is -2.34. The van der Waals surface area contributed by atoms with Crippen molar-refractivity contribution in [3.05, 3.63) is 0 Å². The van der Waals surface area contributed by atoms with Gasteiger partial charge in [0.1, 0.15) is 0 Å². The summed E-state index contributed by atoms with van der Waals surface area (Å²) >= 11 is 17.2. The summed E-state index contributed by atoms with van der Waals surface area (Å²) in [5, 5.41) is 0. The van der Waals surface area contributed by atoms with Crippen LogP contribution in [0.4, 0.5) is 0 Å². The lowest BCUT2D eigenvalue weighted by molar-refractivity contribution is -0.0338. The topological polar surface area (TPSA) is 44.8 Å². The van der Waals surface area contributed by atoms with Crippen LogP contribution >= 0.6 is 42.4 Å². The summed E-state index contributed by atoms with van der Waals surface area (Å²) in [4.78, 5) is 0. The van der Waals surface area contributed by atoms with E-state index < -0.39 is 22.8 Å². The van der Waals surface area contributed by atoms with Gasteiger partial charge in [0, 0.05) is 14.2 Å². The first-order chi connectivity index (χ1) is 6.96. The lowest BCUT2D eigenvalue weighted by atomic mass is 10.2. The van der Waals surface area contributed by atoms with Gasteiger partial charge in [0.15, 0.2) is 0 Å². The Labute approximate surface area is 111 Å². The molecule has 0 aromatic rings. The van der Waals surface area contributed by atoms with Crippen molar-refractivity contribution < 1.29 is 18.3 Å². The fraction of sp³-hybridized carbons (Fsp3) is 1.00. The third-order valence-electron chi connectivity index (χ3n) is 1.54. The summed E-state index contributed by atoms with van der Waals surface area (Å²) in [5.41, 5.74) is -0.651. The van der Waals surface area contributed by atoms with E-state index in [2.05, 4.69) is 0 Å². The number of ether oxygens (including phenoxy) is 1. The van der Waals surface area contributed by atoms with E-state index >= 15 is 0 Å². The summed E-state index contributed by atoms with van der Waals surface area (Å²) in [6.07, 6.45) is 0. The monoisotopic (exact) mass is 312 g/mol. The van der Waals surface area contributed by atoms with Gasteiger partial charge in [0.2, 0.25) is 9.64 Å². The highest BCUT2D eigenvalue weighted by atomic mass is 35.6. The summed E-state index contributed by atoms with van der Waals surface area (Å²) < 4.78 is 25.2. The van der Waals surface area contributed by atoms with E-state index in [0.717, 1.165) is 0 Å². The fourth-order valence-electron chi connectivity index (χ4n) is 0.912. The Hall–Kier alpha value is 0.980. The van der Waals surface area contributed by atoms with Crippen LogP contribution < -0.4 is 0 Å². The number of hydrogen-bond acceptors (Lipinski definition) is 4. The van der Waals surface area contributed by atoms with Gasteiger partial charge in [0.05, 0.1) is 5.60 Å². The number of hydrogen-bond donors (Lipinski definition) is 0. The zero-order valence-electron chi connectivity index (χ0n) is 9.79. The first kappa shape index (κ1) is 17.0. The molecule has 4 nitrogen and oxygen atoms in total. The predicted octanol–water partition coefficient (Wildman–Crippen LogP) is 3.98. The van der Waals surface area contributed by atoms with Crippen molar-refractivity contribution in [1.29, 1.82) is 0 Å². The Bertz CT molecular complexity index is 263. The molecule has 0 aliphatic heterocycles. The van der Waals surface area contributed by atoms with Gasteiger partial charge in [0.25, 0.3) is 0 Å². The first-order valence-corrected chi connectivity index (χ1v) is 7.16. The zero-order valence-corrected chi connectivity index (χ0v) is 13.0. The number of rotatable bonds is 4. The number of halogens is 3. The molecule has 8 heteroatoms.